The molecule has 0 spiro atoms. The number of hydrogen-bond acceptors (Lipinski definition) is 3. The van der Waals surface area contributed by atoms with Crippen molar-refractivity contribution < 1.29 is 14.6 Å². The summed E-state index contributed by atoms with van der Waals surface area (Å²) in [5.41, 5.74) is 5.16. The van der Waals surface area contributed by atoms with Gasteiger partial charge in [-0.3, -0.25) is 4.90 Å². The Hall–Kier alpha value is -2.33. The van der Waals surface area contributed by atoms with Crippen LogP contribution in [0.25, 0.3) is 0 Å². The molecule has 1 fully saturated rings. The maximum atomic E-state index is 11.5. The predicted octanol–water partition coefficient (Wildman–Crippen LogP) is 4.00. The van der Waals surface area contributed by atoms with Gasteiger partial charge in [-0.25, -0.2) is 4.79 Å². The molecule has 0 radical (unpaired) electrons. The molecule has 1 unspecified atom stereocenters. The van der Waals surface area contributed by atoms with Crippen LogP contribution < -0.4 is 4.74 Å². The second-order valence-electron chi connectivity index (χ2n) is 6.79. The molecule has 1 heterocycles. The van der Waals surface area contributed by atoms with Crippen LogP contribution >= 0.6 is 0 Å². The smallest absolute Gasteiger partial charge is 0.335 e. The lowest BCUT2D eigenvalue weighted by Crippen LogP contribution is -2.21. The first-order valence-electron chi connectivity index (χ1n) is 8.69. The minimum absolute atomic E-state index is 0.284. The van der Waals surface area contributed by atoms with Crippen LogP contribution in [0.5, 0.6) is 5.75 Å². The molecule has 1 saturated heterocycles. The van der Waals surface area contributed by atoms with Crippen molar-refractivity contribution in [1.82, 2.24) is 4.90 Å². The summed E-state index contributed by atoms with van der Waals surface area (Å²) in [5.74, 6) is 0.374. The van der Waals surface area contributed by atoms with E-state index in [2.05, 4.69) is 24.8 Å². The van der Waals surface area contributed by atoms with Crippen molar-refractivity contribution in [2.45, 2.75) is 32.7 Å². The number of rotatable bonds is 5. The summed E-state index contributed by atoms with van der Waals surface area (Å²) in [6, 6.07) is 11.6. The maximum absolute atomic E-state index is 11.5. The fraction of sp³-hybridized carbons (Fsp3) is 0.381. The van der Waals surface area contributed by atoms with E-state index in [0.717, 1.165) is 37.4 Å². The summed E-state index contributed by atoms with van der Waals surface area (Å²) in [6.45, 7) is 7.01. The predicted molar refractivity (Wildman–Crippen MR) is 98.5 cm³/mol. The van der Waals surface area contributed by atoms with Crippen LogP contribution in [0.2, 0.25) is 0 Å². The molecule has 4 nitrogen and oxygen atoms in total. The lowest BCUT2D eigenvalue weighted by atomic mass is 9.93. The zero-order valence-corrected chi connectivity index (χ0v) is 15.1. The second kappa shape index (κ2) is 7.28. The Morgan fingerprint density at radius 2 is 1.96 bits per heavy atom. The van der Waals surface area contributed by atoms with Gasteiger partial charge in [-0.1, -0.05) is 24.3 Å². The molecule has 1 atom stereocenters. The van der Waals surface area contributed by atoms with Gasteiger partial charge < -0.3 is 9.84 Å². The molecule has 0 bridgehead atoms. The highest BCUT2D eigenvalue weighted by Gasteiger charge is 2.27. The number of methoxy groups -OCH3 is 1. The Morgan fingerprint density at radius 1 is 1.20 bits per heavy atom. The SMILES string of the molecule is COc1ccc(CN2CCC(c3ccccc3C(=O)O)C2)c(C)c1C. The van der Waals surface area contributed by atoms with E-state index < -0.39 is 5.97 Å². The zero-order chi connectivity index (χ0) is 18.0. The van der Waals surface area contributed by atoms with Crippen LogP contribution in [0, 0.1) is 13.8 Å². The standard InChI is InChI=1S/C21H25NO3/c1-14-15(2)20(25-3)9-8-16(14)12-22-11-10-17(13-22)18-6-4-5-7-19(18)21(23)24/h4-9,17H,10-13H2,1-3H3,(H,23,24). The van der Waals surface area contributed by atoms with Crippen LogP contribution in [0.15, 0.2) is 36.4 Å². The van der Waals surface area contributed by atoms with E-state index in [-0.39, 0.29) is 5.92 Å². The molecule has 0 amide bonds. The van der Waals surface area contributed by atoms with Crippen molar-refractivity contribution in [3.05, 3.63) is 64.2 Å². The normalized spacial score (nSPS) is 17.6. The molecule has 1 aliphatic rings. The van der Waals surface area contributed by atoms with E-state index in [4.69, 9.17) is 4.74 Å². The molecular weight excluding hydrogens is 314 g/mol. The molecule has 0 aromatic heterocycles. The van der Waals surface area contributed by atoms with E-state index in [1.54, 1.807) is 19.2 Å². The minimum atomic E-state index is -0.837. The Kier molecular flexibility index (Phi) is 5.09. The van der Waals surface area contributed by atoms with E-state index in [1.807, 2.05) is 18.2 Å². The summed E-state index contributed by atoms with van der Waals surface area (Å²) in [7, 11) is 1.70. The van der Waals surface area contributed by atoms with Gasteiger partial charge in [0.2, 0.25) is 0 Å². The van der Waals surface area contributed by atoms with Crippen LogP contribution in [0.1, 0.15) is 45.0 Å². The first kappa shape index (κ1) is 17.5. The lowest BCUT2D eigenvalue weighted by Gasteiger charge is -2.20. The Balaban J connectivity index is 1.74. The van der Waals surface area contributed by atoms with E-state index >= 15 is 0 Å². The Bertz CT molecular complexity index is 785. The average molecular weight is 339 g/mol. The molecule has 3 rings (SSSR count). The van der Waals surface area contributed by atoms with Gasteiger partial charge in [0, 0.05) is 13.1 Å². The molecule has 0 saturated carbocycles. The third-order valence-electron chi connectivity index (χ3n) is 5.37. The maximum Gasteiger partial charge on any atom is 0.335 e. The number of ether oxygens (including phenoxy) is 1. The van der Waals surface area contributed by atoms with Crippen LogP contribution in [0.3, 0.4) is 0 Å². The van der Waals surface area contributed by atoms with Crippen molar-refractivity contribution in [1.29, 1.82) is 0 Å². The van der Waals surface area contributed by atoms with Crippen molar-refractivity contribution in [2.75, 3.05) is 20.2 Å². The fourth-order valence-electron chi connectivity index (χ4n) is 3.76. The molecule has 0 aliphatic carbocycles. The van der Waals surface area contributed by atoms with Gasteiger partial charge >= 0.3 is 5.97 Å². The van der Waals surface area contributed by atoms with Crippen molar-refractivity contribution in [2.24, 2.45) is 0 Å². The van der Waals surface area contributed by atoms with Gasteiger partial charge in [-0.05, 0) is 67.1 Å². The third kappa shape index (κ3) is 3.54. The van der Waals surface area contributed by atoms with Crippen molar-refractivity contribution in [3.8, 4) is 5.75 Å². The monoisotopic (exact) mass is 339 g/mol. The lowest BCUT2D eigenvalue weighted by molar-refractivity contribution is 0.0695. The number of aromatic carboxylic acids is 1. The molecule has 132 valence electrons. The topological polar surface area (TPSA) is 49.8 Å². The van der Waals surface area contributed by atoms with Crippen LogP contribution in [-0.2, 0) is 6.54 Å². The molecule has 25 heavy (non-hydrogen) atoms. The number of carbonyl (C=O) groups is 1. The van der Waals surface area contributed by atoms with E-state index in [1.165, 1.54) is 16.7 Å². The van der Waals surface area contributed by atoms with Gasteiger partial charge in [-0.15, -0.1) is 0 Å². The summed E-state index contributed by atoms with van der Waals surface area (Å²) in [6.07, 6.45) is 0.998. The third-order valence-corrected chi connectivity index (χ3v) is 5.37. The number of carboxylic acids is 1. The zero-order valence-electron chi connectivity index (χ0n) is 15.1. The van der Waals surface area contributed by atoms with Gasteiger partial charge in [0.25, 0.3) is 0 Å². The number of likely N-dealkylation sites (tertiary alicyclic amines) is 1. The molecule has 1 aliphatic heterocycles. The summed E-state index contributed by atoms with van der Waals surface area (Å²) >= 11 is 0. The number of hydrogen-bond donors (Lipinski definition) is 1. The average Bonchev–Trinajstić information content (AvgIpc) is 3.07. The molecule has 1 N–H and O–H groups in total. The van der Waals surface area contributed by atoms with Gasteiger partial charge in [0.1, 0.15) is 5.75 Å². The fourth-order valence-corrected chi connectivity index (χ4v) is 3.76. The summed E-state index contributed by atoms with van der Waals surface area (Å²) < 4.78 is 5.39. The highest BCUT2D eigenvalue weighted by Crippen LogP contribution is 2.32. The first-order valence-corrected chi connectivity index (χ1v) is 8.69. The summed E-state index contributed by atoms with van der Waals surface area (Å²) in [4.78, 5) is 13.9. The van der Waals surface area contributed by atoms with E-state index in [9.17, 15) is 9.90 Å². The molecule has 2 aromatic carbocycles. The Morgan fingerprint density at radius 3 is 2.68 bits per heavy atom. The molecule has 2 aromatic rings. The first-order chi connectivity index (χ1) is 12.0. The van der Waals surface area contributed by atoms with Gasteiger partial charge in [0.15, 0.2) is 0 Å². The van der Waals surface area contributed by atoms with Crippen LogP contribution in [0.4, 0.5) is 0 Å². The van der Waals surface area contributed by atoms with Gasteiger partial charge in [-0.2, -0.15) is 0 Å². The Labute approximate surface area is 149 Å². The highest BCUT2D eigenvalue weighted by atomic mass is 16.5. The second-order valence-corrected chi connectivity index (χ2v) is 6.79. The summed E-state index contributed by atoms with van der Waals surface area (Å²) in [5, 5.41) is 9.42. The number of benzene rings is 2. The van der Waals surface area contributed by atoms with E-state index in [0.29, 0.717) is 5.56 Å². The van der Waals surface area contributed by atoms with Crippen molar-refractivity contribution in [3.63, 3.8) is 0 Å². The number of nitrogens with zero attached hydrogens (tertiary/aromatic N) is 1. The van der Waals surface area contributed by atoms with Crippen molar-refractivity contribution >= 4 is 5.97 Å². The highest BCUT2D eigenvalue weighted by molar-refractivity contribution is 5.89. The number of carboxylic acid groups (broad SMARTS) is 1. The largest absolute Gasteiger partial charge is 0.496 e. The molecule has 4 heteroatoms. The molecular formula is C21H25NO3. The minimum Gasteiger partial charge on any atom is -0.496 e. The quantitative estimate of drug-likeness (QED) is 0.894. The van der Waals surface area contributed by atoms with Gasteiger partial charge in [0.05, 0.1) is 12.7 Å². The van der Waals surface area contributed by atoms with Crippen LogP contribution in [-0.4, -0.2) is 36.2 Å².